The lowest BCUT2D eigenvalue weighted by Gasteiger charge is -2.19. The summed E-state index contributed by atoms with van der Waals surface area (Å²) in [5.74, 6) is -0.600. The van der Waals surface area contributed by atoms with Crippen molar-refractivity contribution < 1.29 is 14.6 Å². The first-order valence-corrected chi connectivity index (χ1v) is 8.28. The van der Waals surface area contributed by atoms with Crippen LogP contribution in [-0.2, 0) is 6.61 Å². The second kappa shape index (κ2) is 7.26. The Morgan fingerprint density at radius 2 is 1.84 bits per heavy atom. The van der Waals surface area contributed by atoms with Gasteiger partial charge < -0.3 is 14.7 Å². The van der Waals surface area contributed by atoms with Crippen molar-refractivity contribution in [2.45, 2.75) is 13.5 Å². The van der Waals surface area contributed by atoms with Gasteiger partial charge in [-0.05, 0) is 35.4 Å². The number of benzene rings is 3. The molecule has 0 atom stereocenters. The first-order valence-electron chi connectivity index (χ1n) is 8.28. The van der Waals surface area contributed by atoms with E-state index in [9.17, 15) is 9.90 Å². The van der Waals surface area contributed by atoms with Crippen molar-refractivity contribution in [1.29, 1.82) is 0 Å². The predicted octanol–water partition coefficient (Wildman–Crippen LogP) is 4.57. The normalized spacial score (nSPS) is 10.6. The van der Waals surface area contributed by atoms with E-state index >= 15 is 0 Å². The second-order valence-electron chi connectivity index (χ2n) is 5.93. The van der Waals surface area contributed by atoms with Crippen LogP contribution in [0.5, 0.6) is 5.75 Å². The number of hydrogen-bond donors (Lipinski definition) is 1. The van der Waals surface area contributed by atoms with Gasteiger partial charge in [-0.15, -0.1) is 0 Å². The quantitative estimate of drug-likeness (QED) is 0.717. The molecule has 4 nitrogen and oxygen atoms in total. The van der Waals surface area contributed by atoms with Crippen molar-refractivity contribution in [3.8, 4) is 5.75 Å². The van der Waals surface area contributed by atoms with Crippen molar-refractivity contribution >= 4 is 22.4 Å². The van der Waals surface area contributed by atoms with Crippen LogP contribution in [0.4, 0.5) is 5.69 Å². The molecule has 1 N–H and O–H groups in total. The molecule has 0 aliphatic carbocycles. The zero-order valence-corrected chi connectivity index (χ0v) is 14.4. The molecule has 0 fully saturated rings. The van der Waals surface area contributed by atoms with Crippen LogP contribution in [0.3, 0.4) is 0 Å². The fourth-order valence-corrected chi connectivity index (χ4v) is 2.80. The minimum absolute atomic E-state index is 0.175. The summed E-state index contributed by atoms with van der Waals surface area (Å²) in [6, 6.07) is 19.3. The first-order chi connectivity index (χ1) is 12.1. The first kappa shape index (κ1) is 16.8. The van der Waals surface area contributed by atoms with Crippen LogP contribution in [0.1, 0.15) is 22.8 Å². The maximum absolute atomic E-state index is 11.5. The highest BCUT2D eigenvalue weighted by atomic mass is 16.5. The number of ether oxygens (including phenoxy) is 1. The van der Waals surface area contributed by atoms with Crippen LogP contribution in [-0.4, -0.2) is 24.7 Å². The van der Waals surface area contributed by atoms with Crippen LogP contribution in [0, 0.1) is 0 Å². The van der Waals surface area contributed by atoms with Gasteiger partial charge in [0, 0.05) is 25.3 Å². The van der Waals surface area contributed by atoms with Gasteiger partial charge in [-0.3, -0.25) is 0 Å². The third-order valence-electron chi connectivity index (χ3n) is 4.37. The zero-order valence-electron chi connectivity index (χ0n) is 14.4. The monoisotopic (exact) mass is 335 g/mol. The lowest BCUT2D eigenvalue weighted by Crippen LogP contribution is -2.16. The van der Waals surface area contributed by atoms with E-state index in [1.807, 2.05) is 49.2 Å². The molecule has 3 rings (SSSR count). The van der Waals surface area contributed by atoms with E-state index < -0.39 is 5.97 Å². The Morgan fingerprint density at radius 3 is 2.60 bits per heavy atom. The third-order valence-corrected chi connectivity index (χ3v) is 4.37. The molecule has 0 radical (unpaired) electrons. The predicted molar refractivity (Wildman–Crippen MR) is 101 cm³/mol. The van der Waals surface area contributed by atoms with E-state index in [-0.39, 0.29) is 5.56 Å². The van der Waals surface area contributed by atoms with Crippen molar-refractivity contribution in [2.75, 3.05) is 18.5 Å². The third kappa shape index (κ3) is 3.58. The summed E-state index contributed by atoms with van der Waals surface area (Å²) in [5.41, 5.74) is 2.14. The molecule has 0 spiro atoms. The summed E-state index contributed by atoms with van der Waals surface area (Å²) in [6.07, 6.45) is 0. The van der Waals surface area contributed by atoms with E-state index in [0.29, 0.717) is 12.4 Å². The van der Waals surface area contributed by atoms with Gasteiger partial charge in [0.25, 0.3) is 0 Å². The molecule has 0 aliphatic rings. The number of anilines is 1. The average molecular weight is 335 g/mol. The molecular weight excluding hydrogens is 314 g/mol. The topological polar surface area (TPSA) is 49.8 Å². The Labute approximate surface area is 147 Å². The minimum Gasteiger partial charge on any atom is -0.488 e. The van der Waals surface area contributed by atoms with Crippen LogP contribution in [0.15, 0.2) is 60.7 Å². The van der Waals surface area contributed by atoms with E-state index in [0.717, 1.165) is 28.6 Å². The lowest BCUT2D eigenvalue weighted by molar-refractivity contribution is 0.0692. The summed E-state index contributed by atoms with van der Waals surface area (Å²) in [5, 5.41) is 11.7. The lowest BCUT2D eigenvalue weighted by atomic mass is 10.1. The van der Waals surface area contributed by atoms with Gasteiger partial charge in [-0.2, -0.15) is 0 Å². The summed E-state index contributed by atoms with van der Waals surface area (Å²) < 4.78 is 5.92. The Bertz CT molecular complexity index is 899. The van der Waals surface area contributed by atoms with Gasteiger partial charge in [0.2, 0.25) is 0 Å². The molecule has 0 saturated carbocycles. The van der Waals surface area contributed by atoms with Gasteiger partial charge in [-0.1, -0.05) is 42.5 Å². The maximum Gasteiger partial charge on any atom is 0.339 e. The number of fused-ring (bicyclic) bond motifs is 1. The highest BCUT2D eigenvalue weighted by Crippen LogP contribution is 2.27. The van der Waals surface area contributed by atoms with Crippen molar-refractivity contribution in [3.63, 3.8) is 0 Å². The summed E-state index contributed by atoms with van der Waals surface area (Å²) in [6.45, 7) is 3.19. The van der Waals surface area contributed by atoms with Crippen molar-refractivity contribution in [1.82, 2.24) is 0 Å². The van der Waals surface area contributed by atoms with Crippen LogP contribution in [0.2, 0.25) is 0 Å². The molecule has 128 valence electrons. The number of aromatic carboxylic acids is 1. The molecule has 0 amide bonds. The zero-order chi connectivity index (χ0) is 17.8. The summed E-state index contributed by atoms with van der Waals surface area (Å²) >= 11 is 0. The van der Waals surface area contributed by atoms with E-state index in [1.54, 1.807) is 18.2 Å². The maximum atomic E-state index is 11.5. The molecule has 25 heavy (non-hydrogen) atoms. The van der Waals surface area contributed by atoms with Crippen LogP contribution < -0.4 is 9.64 Å². The number of carbonyl (C=O) groups is 1. The van der Waals surface area contributed by atoms with Crippen molar-refractivity contribution in [2.24, 2.45) is 0 Å². The minimum atomic E-state index is -0.987. The highest BCUT2D eigenvalue weighted by molar-refractivity contribution is 5.91. The number of carboxylic acids is 1. The van der Waals surface area contributed by atoms with Crippen molar-refractivity contribution in [3.05, 3.63) is 71.8 Å². The van der Waals surface area contributed by atoms with Gasteiger partial charge in [-0.25, -0.2) is 4.79 Å². The Morgan fingerprint density at radius 1 is 1.08 bits per heavy atom. The van der Waals surface area contributed by atoms with Gasteiger partial charge >= 0.3 is 5.97 Å². The molecule has 3 aromatic rings. The number of rotatable bonds is 6. The largest absolute Gasteiger partial charge is 0.488 e. The molecule has 0 aromatic heterocycles. The Hall–Kier alpha value is -3.01. The molecule has 0 heterocycles. The smallest absolute Gasteiger partial charge is 0.339 e. The summed E-state index contributed by atoms with van der Waals surface area (Å²) in [7, 11) is 1.96. The van der Waals surface area contributed by atoms with Gasteiger partial charge in [0.15, 0.2) is 0 Å². The van der Waals surface area contributed by atoms with E-state index in [1.165, 1.54) is 0 Å². The van der Waals surface area contributed by atoms with Gasteiger partial charge in [0.05, 0.1) is 0 Å². The van der Waals surface area contributed by atoms with Gasteiger partial charge in [0.1, 0.15) is 17.9 Å². The van der Waals surface area contributed by atoms with E-state index in [4.69, 9.17) is 4.74 Å². The highest BCUT2D eigenvalue weighted by Gasteiger charge is 2.14. The second-order valence-corrected chi connectivity index (χ2v) is 5.93. The van der Waals surface area contributed by atoms with Crippen LogP contribution in [0.25, 0.3) is 10.8 Å². The Kier molecular flexibility index (Phi) is 4.89. The fraction of sp³-hybridized carbons (Fsp3) is 0.190. The molecule has 4 heteroatoms. The number of hydrogen-bond acceptors (Lipinski definition) is 3. The number of nitrogens with zero attached hydrogens (tertiary/aromatic N) is 1. The molecule has 0 bridgehead atoms. The van der Waals surface area contributed by atoms with E-state index in [2.05, 4.69) is 12.1 Å². The number of carboxylic acid groups (broad SMARTS) is 1. The molecule has 0 saturated heterocycles. The molecule has 3 aromatic carbocycles. The standard InChI is InChI=1S/C21H21NO3/c1-3-22(2)17-11-12-19(21(23)24)20(13-17)25-14-16-9-6-8-15-7-4-5-10-18(15)16/h4-13H,3,14H2,1-2H3,(H,23,24). The SMILES string of the molecule is CCN(C)c1ccc(C(=O)O)c(OCc2cccc3ccccc23)c1. The molecule has 0 unspecified atom stereocenters. The average Bonchev–Trinajstić information content (AvgIpc) is 2.65. The fourth-order valence-electron chi connectivity index (χ4n) is 2.80. The molecular formula is C21H21NO3. The molecule has 0 aliphatic heterocycles. The summed E-state index contributed by atoms with van der Waals surface area (Å²) in [4.78, 5) is 13.5. The van der Waals surface area contributed by atoms with Crippen LogP contribution >= 0.6 is 0 Å². The Balaban J connectivity index is 1.92.